The van der Waals surface area contributed by atoms with E-state index < -0.39 is 0 Å². The summed E-state index contributed by atoms with van der Waals surface area (Å²) >= 11 is 5.89. The number of allylic oxidation sites excluding steroid dienone is 1. The summed E-state index contributed by atoms with van der Waals surface area (Å²) in [6.07, 6.45) is 5.92. The van der Waals surface area contributed by atoms with Crippen LogP contribution in [0.5, 0.6) is 0 Å². The molecule has 3 rings (SSSR count). The zero-order valence-electron chi connectivity index (χ0n) is 15.6. The van der Waals surface area contributed by atoms with E-state index in [0.29, 0.717) is 17.0 Å². The van der Waals surface area contributed by atoms with Gasteiger partial charge in [-0.25, -0.2) is 4.98 Å². The maximum Gasteiger partial charge on any atom is 0.226 e. The zero-order chi connectivity index (χ0) is 19.2. The number of anilines is 1. The van der Waals surface area contributed by atoms with Crippen LogP contribution in [0.1, 0.15) is 36.8 Å². The van der Waals surface area contributed by atoms with Crippen LogP contribution < -0.4 is 11.1 Å². The maximum absolute atomic E-state index is 5.89. The van der Waals surface area contributed by atoms with Crippen LogP contribution in [-0.4, -0.2) is 19.5 Å². The smallest absolute Gasteiger partial charge is 0.226 e. The molecule has 3 N–H and O–H groups in total. The number of nitrogens with two attached hydrogens (primary N) is 1. The molecule has 0 fully saturated rings. The predicted octanol–water partition coefficient (Wildman–Crippen LogP) is 4.23. The minimum Gasteiger partial charge on any atom is -0.385 e. The first kappa shape index (κ1) is 19.2. The van der Waals surface area contributed by atoms with Crippen molar-refractivity contribution in [3.8, 4) is 0 Å². The molecule has 0 amide bonds. The molecule has 27 heavy (non-hydrogen) atoms. The van der Waals surface area contributed by atoms with Gasteiger partial charge in [0.2, 0.25) is 5.28 Å². The van der Waals surface area contributed by atoms with Crippen molar-refractivity contribution in [2.24, 2.45) is 0 Å². The second-order valence-electron chi connectivity index (χ2n) is 6.74. The topological polar surface area (TPSA) is 81.7 Å². The van der Waals surface area contributed by atoms with Crippen molar-refractivity contribution >= 4 is 28.6 Å². The van der Waals surface area contributed by atoms with Crippen molar-refractivity contribution in [1.29, 1.82) is 0 Å². The summed E-state index contributed by atoms with van der Waals surface area (Å²) in [5.74, 6) is 0.319. The molecule has 0 spiro atoms. The standard InChI is InChI=1S/C20H25ClN6/c1-14-7-9-16(10-8-14)12-23-15(2)6-4-3-5-11-27-13-24-17-18(22)25-20(21)26-19(17)27/h7-10,13,23H,2-6,11-12H2,1H3,(H2,22,25,26). The Morgan fingerprint density at radius 3 is 2.74 bits per heavy atom. The highest BCUT2D eigenvalue weighted by Crippen LogP contribution is 2.19. The molecule has 2 heterocycles. The minimum absolute atomic E-state index is 0.151. The van der Waals surface area contributed by atoms with E-state index in [0.717, 1.165) is 44.5 Å². The Kier molecular flexibility index (Phi) is 6.29. The van der Waals surface area contributed by atoms with Crippen LogP contribution in [0, 0.1) is 6.92 Å². The van der Waals surface area contributed by atoms with Gasteiger partial charge in [0, 0.05) is 18.8 Å². The van der Waals surface area contributed by atoms with E-state index in [1.165, 1.54) is 11.1 Å². The molecular weight excluding hydrogens is 360 g/mol. The number of hydrogen-bond acceptors (Lipinski definition) is 5. The SMILES string of the molecule is C=C(CCCCCn1cnc2c(N)nc(Cl)nc21)NCc1ccc(C)cc1. The Morgan fingerprint density at radius 2 is 1.96 bits per heavy atom. The third kappa shape index (κ3) is 5.20. The van der Waals surface area contributed by atoms with Crippen LogP contribution in [0.2, 0.25) is 5.28 Å². The number of halogens is 1. The molecule has 0 saturated carbocycles. The summed E-state index contributed by atoms with van der Waals surface area (Å²) in [4.78, 5) is 12.4. The normalized spacial score (nSPS) is 11.0. The summed E-state index contributed by atoms with van der Waals surface area (Å²) in [7, 11) is 0. The van der Waals surface area contributed by atoms with Gasteiger partial charge in [-0.1, -0.05) is 42.8 Å². The van der Waals surface area contributed by atoms with E-state index in [9.17, 15) is 0 Å². The van der Waals surface area contributed by atoms with E-state index >= 15 is 0 Å². The van der Waals surface area contributed by atoms with Crippen molar-refractivity contribution in [2.45, 2.75) is 45.7 Å². The molecule has 6 nitrogen and oxygen atoms in total. The lowest BCUT2D eigenvalue weighted by molar-refractivity contribution is 0.583. The first-order valence-electron chi connectivity index (χ1n) is 9.14. The molecule has 2 aromatic heterocycles. The fourth-order valence-electron chi connectivity index (χ4n) is 2.92. The summed E-state index contributed by atoms with van der Waals surface area (Å²) in [6.45, 7) is 7.87. The second-order valence-corrected chi connectivity index (χ2v) is 7.08. The van der Waals surface area contributed by atoms with Crippen LogP contribution in [0.4, 0.5) is 5.82 Å². The molecule has 0 bridgehead atoms. The highest BCUT2D eigenvalue weighted by molar-refractivity contribution is 6.28. The highest BCUT2D eigenvalue weighted by atomic mass is 35.5. The van der Waals surface area contributed by atoms with Crippen LogP contribution >= 0.6 is 11.6 Å². The van der Waals surface area contributed by atoms with Gasteiger partial charge >= 0.3 is 0 Å². The number of unbranched alkanes of at least 4 members (excludes halogenated alkanes) is 2. The van der Waals surface area contributed by atoms with Crippen LogP contribution in [0.3, 0.4) is 0 Å². The van der Waals surface area contributed by atoms with E-state index in [2.05, 4.69) is 58.0 Å². The van der Waals surface area contributed by atoms with Gasteiger partial charge in [-0.3, -0.25) is 0 Å². The van der Waals surface area contributed by atoms with Gasteiger partial charge in [0.25, 0.3) is 0 Å². The van der Waals surface area contributed by atoms with Crippen LogP contribution in [-0.2, 0) is 13.1 Å². The lowest BCUT2D eigenvalue weighted by Crippen LogP contribution is -2.11. The molecule has 0 atom stereocenters. The molecule has 142 valence electrons. The predicted molar refractivity (Wildman–Crippen MR) is 110 cm³/mol. The number of aryl methyl sites for hydroxylation is 2. The van der Waals surface area contributed by atoms with E-state index in [1.54, 1.807) is 6.33 Å². The summed E-state index contributed by atoms with van der Waals surface area (Å²) < 4.78 is 1.98. The number of aromatic nitrogens is 4. The summed E-state index contributed by atoms with van der Waals surface area (Å²) in [5, 5.41) is 3.55. The summed E-state index contributed by atoms with van der Waals surface area (Å²) in [6, 6.07) is 8.55. The van der Waals surface area contributed by atoms with Crippen molar-refractivity contribution in [3.63, 3.8) is 0 Å². The van der Waals surface area contributed by atoms with Gasteiger partial charge in [-0.2, -0.15) is 9.97 Å². The van der Waals surface area contributed by atoms with E-state index in [1.807, 2.05) is 4.57 Å². The number of nitrogen functional groups attached to an aromatic ring is 1. The lowest BCUT2D eigenvalue weighted by Gasteiger charge is -2.10. The molecular formula is C20H25ClN6. The van der Waals surface area contributed by atoms with Crippen LogP contribution in [0.25, 0.3) is 11.2 Å². The van der Waals surface area contributed by atoms with Crippen LogP contribution in [0.15, 0.2) is 42.9 Å². The Labute approximate surface area is 164 Å². The van der Waals surface area contributed by atoms with E-state index in [4.69, 9.17) is 17.3 Å². The average Bonchev–Trinajstić information content (AvgIpc) is 3.04. The quantitative estimate of drug-likeness (QED) is 0.426. The third-order valence-electron chi connectivity index (χ3n) is 4.50. The number of hydrogen-bond donors (Lipinski definition) is 2. The van der Waals surface area contributed by atoms with Gasteiger partial charge in [-0.05, 0) is 43.4 Å². The first-order chi connectivity index (χ1) is 13.0. The fraction of sp³-hybridized carbons (Fsp3) is 0.350. The van der Waals surface area contributed by atoms with Crippen molar-refractivity contribution in [3.05, 3.63) is 59.3 Å². The molecule has 1 aromatic carbocycles. The van der Waals surface area contributed by atoms with Gasteiger partial charge in [-0.15, -0.1) is 0 Å². The number of benzene rings is 1. The van der Waals surface area contributed by atoms with Gasteiger partial charge in [0.1, 0.15) is 5.52 Å². The second kappa shape index (κ2) is 8.86. The van der Waals surface area contributed by atoms with Crippen molar-refractivity contribution in [2.75, 3.05) is 5.73 Å². The number of nitrogens with zero attached hydrogens (tertiary/aromatic N) is 4. The molecule has 3 aromatic rings. The van der Waals surface area contributed by atoms with Gasteiger partial charge < -0.3 is 15.6 Å². The largest absolute Gasteiger partial charge is 0.385 e. The molecule has 0 unspecified atom stereocenters. The molecule has 0 aliphatic carbocycles. The Balaban J connectivity index is 1.38. The molecule has 7 heteroatoms. The molecule has 0 radical (unpaired) electrons. The number of imidazole rings is 1. The number of nitrogens with one attached hydrogen (secondary N) is 1. The Morgan fingerprint density at radius 1 is 1.19 bits per heavy atom. The highest BCUT2D eigenvalue weighted by Gasteiger charge is 2.10. The molecule has 0 aliphatic rings. The summed E-state index contributed by atoms with van der Waals surface area (Å²) in [5.41, 5.74) is 10.8. The first-order valence-corrected chi connectivity index (χ1v) is 9.52. The third-order valence-corrected chi connectivity index (χ3v) is 4.67. The minimum atomic E-state index is 0.151. The maximum atomic E-state index is 5.89. The van der Waals surface area contributed by atoms with Gasteiger partial charge in [0.15, 0.2) is 11.5 Å². The van der Waals surface area contributed by atoms with E-state index in [-0.39, 0.29) is 5.28 Å². The molecule has 0 aliphatic heterocycles. The van der Waals surface area contributed by atoms with Gasteiger partial charge in [0.05, 0.1) is 6.33 Å². The fourth-order valence-corrected chi connectivity index (χ4v) is 3.09. The zero-order valence-corrected chi connectivity index (χ0v) is 16.3. The average molecular weight is 385 g/mol. The lowest BCUT2D eigenvalue weighted by atomic mass is 10.1. The Bertz CT molecular complexity index is 916. The monoisotopic (exact) mass is 384 g/mol. The Hall–Kier alpha value is -2.60. The molecule has 0 saturated heterocycles. The van der Waals surface area contributed by atoms with Crippen molar-refractivity contribution in [1.82, 2.24) is 24.8 Å². The number of fused-ring (bicyclic) bond motifs is 1. The van der Waals surface area contributed by atoms with Crippen molar-refractivity contribution < 1.29 is 0 Å². The number of rotatable bonds is 9.